The van der Waals surface area contributed by atoms with Gasteiger partial charge < -0.3 is 20.4 Å². The number of nitrogens with one attached hydrogen (secondary N) is 2. The number of benzene rings is 2. The summed E-state index contributed by atoms with van der Waals surface area (Å²) < 4.78 is 0. The Balaban J connectivity index is 1.47. The average molecular weight is 411 g/mol. The zero-order chi connectivity index (χ0) is 20.6. The molecule has 7 heteroatoms. The van der Waals surface area contributed by atoms with Crippen molar-refractivity contribution < 1.29 is 9.59 Å². The second-order valence-corrected chi connectivity index (χ2v) is 7.34. The molecule has 3 rings (SSSR count). The molecule has 1 aliphatic rings. The summed E-state index contributed by atoms with van der Waals surface area (Å²) in [6, 6.07) is 17.5. The van der Waals surface area contributed by atoms with Crippen molar-refractivity contribution in [3.63, 3.8) is 0 Å². The summed E-state index contributed by atoms with van der Waals surface area (Å²) in [4.78, 5) is 28.1. The van der Waals surface area contributed by atoms with Gasteiger partial charge in [-0.3, -0.25) is 9.59 Å². The summed E-state index contributed by atoms with van der Waals surface area (Å²) in [6.45, 7) is 5.06. The molecule has 0 aromatic heterocycles. The van der Waals surface area contributed by atoms with Crippen molar-refractivity contribution >= 4 is 40.5 Å². The lowest BCUT2D eigenvalue weighted by molar-refractivity contribution is -0.131. The molecule has 2 aromatic carbocycles. The van der Waals surface area contributed by atoms with Crippen molar-refractivity contribution in [2.75, 3.05) is 36.4 Å². The van der Waals surface area contributed by atoms with Gasteiger partial charge in [0.15, 0.2) is 5.11 Å². The first-order chi connectivity index (χ1) is 14.0. The number of thiocarbonyl (C=S) groups is 1. The van der Waals surface area contributed by atoms with E-state index in [4.69, 9.17) is 12.2 Å². The molecule has 0 atom stereocenters. The highest BCUT2D eigenvalue weighted by molar-refractivity contribution is 7.80. The molecule has 2 aromatic rings. The van der Waals surface area contributed by atoms with Gasteiger partial charge >= 0.3 is 0 Å². The van der Waals surface area contributed by atoms with Crippen LogP contribution in [0.1, 0.15) is 18.9 Å². The van der Waals surface area contributed by atoms with Crippen molar-refractivity contribution in [2.45, 2.75) is 19.8 Å². The van der Waals surface area contributed by atoms with Crippen LogP contribution in [0.3, 0.4) is 0 Å². The van der Waals surface area contributed by atoms with E-state index in [1.807, 2.05) is 66.4 Å². The third kappa shape index (κ3) is 6.02. The topological polar surface area (TPSA) is 64.7 Å². The van der Waals surface area contributed by atoms with Gasteiger partial charge in [-0.1, -0.05) is 37.3 Å². The number of piperazine rings is 1. The van der Waals surface area contributed by atoms with Gasteiger partial charge in [0.2, 0.25) is 11.8 Å². The zero-order valence-electron chi connectivity index (χ0n) is 16.6. The number of carbonyl (C=O) groups is 2. The van der Waals surface area contributed by atoms with Crippen LogP contribution in [0.25, 0.3) is 0 Å². The van der Waals surface area contributed by atoms with E-state index in [-0.39, 0.29) is 23.3 Å². The van der Waals surface area contributed by atoms with Crippen LogP contribution in [0, 0.1) is 0 Å². The Morgan fingerprint density at radius 3 is 2.24 bits per heavy atom. The van der Waals surface area contributed by atoms with Gasteiger partial charge in [0.1, 0.15) is 0 Å². The minimum absolute atomic E-state index is 0.148. The molecule has 1 aliphatic heterocycles. The maximum atomic E-state index is 12.1. The van der Waals surface area contributed by atoms with E-state index in [1.165, 1.54) is 0 Å². The highest BCUT2D eigenvalue weighted by atomic mass is 32.1. The van der Waals surface area contributed by atoms with Gasteiger partial charge in [0, 0.05) is 44.0 Å². The first-order valence-electron chi connectivity index (χ1n) is 9.82. The molecule has 152 valence electrons. The Labute approximate surface area is 176 Å². The Hall–Kier alpha value is -2.93. The fourth-order valence-corrected chi connectivity index (χ4v) is 3.54. The van der Waals surface area contributed by atoms with Crippen LogP contribution in [-0.4, -0.2) is 48.0 Å². The monoisotopic (exact) mass is 410 g/mol. The predicted molar refractivity (Wildman–Crippen MR) is 120 cm³/mol. The largest absolute Gasteiger partial charge is 0.368 e. The van der Waals surface area contributed by atoms with Gasteiger partial charge in [0.05, 0.1) is 6.42 Å². The molecule has 0 bridgehead atoms. The van der Waals surface area contributed by atoms with Crippen LogP contribution in [0.4, 0.5) is 11.4 Å². The highest BCUT2D eigenvalue weighted by Crippen LogP contribution is 2.19. The molecule has 2 N–H and O–H groups in total. The van der Waals surface area contributed by atoms with Gasteiger partial charge in [0.25, 0.3) is 0 Å². The zero-order valence-corrected chi connectivity index (χ0v) is 17.4. The maximum absolute atomic E-state index is 12.1. The molecular formula is C22H26N4O2S. The van der Waals surface area contributed by atoms with E-state index < -0.39 is 0 Å². The number of anilines is 2. The Bertz CT molecular complexity index is 847. The molecule has 0 unspecified atom stereocenters. The van der Waals surface area contributed by atoms with Crippen LogP contribution < -0.4 is 15.5 Å². The molecule has 6 nitrogen and oxygen atoms in total. The quantitative estimate of drug-likeness (QED) is 0.742. The fraction of sp³-hybridized carbons (Fsp3) is 0.318. The molecule has 0 aliphatic carbocycles. The lowest BCUT2D eigenvalue weighted by atomic mass is 10.1. The molecule has 0 radical (unpaired) electrons. The second kappa shape index (κ2) is 10.0. The van der Waals surface area contributed by atoms with Gasteiger partial charge in [-0.15, -0.1) is 0 Å². The smallest absolute Gasteiger partial charge is 0.230 e. The van der Waals surface area contributed by atoms with Crippen LogP contribution in [0.2, 0.25) is 0 Å². The van der Waals surface area contributed by atoms with Gasteiger partial charge in [-0.25, -0.2) is 0 Å². The van der Waals surface area contributed by atoms with Crippen LogP contribution in [0.5, 0.6) is 0 Å². The van der Waals surface area contributed by atoms with Crippen molar-refractivity contribution in [1.82, 2.24) is 10.2 Å². The van der Waals surface area contributed by atoms with E-state index >= 15 is 0 Å². The van der Waals surface area contributed by atoms with Crippen LogP contribution in [0.15, 0.2) is 54.6 Å². The minimum Gasteiger partial charge on any atom is -0.368 e. The molecule has 2 amide bonds. The van der Waals surface area contributed by atoms with Crippen LogP contribution in [-0.2, 0) is 16.0 Å². The Morgan fingerprint density at radius 2 is 1.62 bits per heavy atom. The summed E-state index contributed by atoms with van der Waals surface area (Å²) in [5.74, 6) is 0.0665. The first kappa shape index (κ1) is 20.8. The Kier molecular flexibility index (Phi) is 7.19. The van der Waals surface area contributed by atoms with Crippen molar-refractivity contribution in [1.29, 1.82) is 0 Å². The summed E-state index contributed by atoms with van der Waals surface area (Å²) in [5.41, 5.74) is 2.87. The third-order valence-corrected chi connectivity index (χ3v) is 5.09. The highest BCUT2D eigenvalue weighted by Gasteiger charge is 2.20. The normalized spacial score (nSPS) is 13.7. The third-order valence-electron chi connectivity index (χ3n) is 4.89. The number of hydrogen-bond acceptors (Lipinski definition) is 4. The number of amides is 2. The lowest BCUT2D eigenvalue weighted by Gasteiger charge is -2.36. The van der Waals surface area contributed by atoms with E-state index in [0.717, 1.165) is 43.1 Å². The van der Waals surface area contributed by atoms with E-state index in [2.05, 4.69) is 15.5 Å². The first-order valence-corrected chi connectivity index (χ1v) is 10.2. The van der Waals surface area contributed by atoms with Gasteiger partial charge in [-0.2, -0.15) is 0 Å². The minimum atomic E-state index is -0.148. The summed E-state index contributed by atoms with van der Waals surface area (Å²) in [5, 5.41) is 6.04. The Morgan fingerprint density at radius 1 is 0.966 bits per heavy atom. The lowest BCUT2D eigenvalue weighted by Crippen LogP contribution is -2.48. The van der Waals surface area contributed by atoms with Gasteiger partial charge in [-0.05, 0) is 42.0 Å². The maximum Gasteiger partial charge on any atom is 0.230 e. The molecule has 1 heterocycles. The molecule has 29 heavy (non-hydrogen) atoms. The van der Waals surface area contributed by atoms with Crippen molar-refractivity contribution in [2.24, 2.45) is 0 Å². The standard InChI is InChI=1S/C22H26N4O2S/c1-2-21(28)26-14-12-25(13-15-26)19-10-8-18(9-11-19)23-22(29)24-20(27)16-17-6-4-3-5-7-17/h3-11H,2,12-16H2,1H3,(H2,23,24,27,29). The molecule has 0 spiro atoms. The fourth-order valence-electron chi connectivity index (χ4n) is 3.31. The number of rotatable bonds is 5. The van der Waals surface area contributed by atoms with E-state index in [9.17, 15) is 9.59 Å². The number of nitrogens with zero attached hydrogens (tertiary/aromatic N) is 2. The molecule has 1 fully saturated rings. The summed E-state index contributed by atoms with van der Waals surface area (Å²) in [6.07, 6.45) is 0.844. The summed E-state index contributed by atoms with van der Waals surface area (Å²) >= 11 is 5.24. The predicted octanol–water partition coefficient (Wildman–Crippen LogP) is 2.80. The van der Waals surface area contributed by atoms with Crippen LogP contribution >= 0.6 is 12.2 Å². The average Bonchev–Trinajstić information content (AvgIpc) is 2.74. The molecule has 0 saturated carbocycles. The van der Waals surface area contributed by atoms with E-state index in [1.54, 1.807) is 0 Å². The summed E-state index contributed by atoms with van der Waals surface area (Å²) in [7, 11) is 0. The van der Waals surface area contributed by atoms with Crippen molar-refractivity contribution in [3.05, 3.63) is 60.2 Å². The van der Waals surface area contributed by atoms with E-state index in [0.29, 0.717) is 6.42 Å². The SMILES string of the molecule is CCC(=O)N1CCN(c2ccc(NC(=S)NC(=O)Cc3ccccc3)cc2)CC1. The number of hydrogen-bond donors (Lipinski definition) is 2. The molecular weight excluding hydrogens is 384 g/mol. The second-order valence-electron chi connectivity index (χ2n) is 6.93. The molecule has 1 saturated heterocycles. The van der Waals surface area contributed by atoms with Crippen molar-refractivity contribution in [3.8, 4) is 0 Å². The number of carbonyl (C=O) groups excluding carboxylic acids is 2.